The molecule has 21 heavy (non-hydrogen) atoms. The fourth-order valence-corrected chi connectivity index (χ4v) is 1.99. The van der Waals surface area contributed by atoms with E-state index < -0.39 is 0 Å². The Balaban J connectivity index is 1.93. The average Bonchev–Trinajstić information content (AvgIpc) is 2.45. The third-order valence-electron chi connectivity index (χ3n) is 2.65. The van der Waals surface area contributed by atoms with Crippen molar-refractivity contribution in [3.05, 3.63) is 45.1 Å². The third kappa shape index (κ3) is 4.41. The predicted octanol–water partition coefficient (Wildman–Crippen LogP) is 3.53. The second-order valence-corrected chi connectivity index (χ2v) is 5.73. The highest BCUT2D eigenvalue weighted by molar-refractivity contribution is 9.10. The van der Waals surface area contributed by atoms with Gasteiger partial charge in [-0.3, -0.25) is 10.1 Å². The molecule has 1 heterocycles. The van der Waals surface area contributed by atoms with Crippen LogP contribution in [0, 0.1) is 13.8 Å². The Morgan fingerprint density at radius 2 is 1.86 bits per heavy atom. The van der Waals surface area contributed by atoms with Crippen molar-refractivity contribution in [1.29, 1.82) is 0 Å². The van der Waals surface area contributed by atoms with Crippen molar-refractivity contribution in [2.45, 2.75) is 13.8 Å². The van der Waals surface area contributed by atoms with Crippen LogP contribution in [-0.2, 0) is 4.79 Å². The summed E-state index contributed by atoms with van der Waals surface area (Å²) in [5.41, 5.74) is 1.81. The lowest BCUT2D eigenvalue weighted by Crippen LogP contribution is -2.21. The Labute approximate surface area is 135 Å². The molecule has 0 radical (unpaired) electrons. The Morgan fingerprint density at radius 1 is 1.29 bits per heavy atom. The Bertz CT molecular complexity index is 639. The Kier molecular flexibility index (Phi) is 5.14. The van der Waals surface area contributed by atoms with Gasteiger partial charge in [-0.15, -0.1) is 0 Å². The minimum absolute atomic E-state index is 0.125. The second-order valence-electron chi connectivity index (χ2n) is 4.43. The summed E-state index contributed by atoms with van der Waals surface area (Å²) in [7, 11) is 0. The molecule has 0 atom stereocenters. The zero-order chi connectivity index (χ0) is 15.4. The van der Waals surface area contributed by atoms with Crippen molar-refractivity contribution in [1.82, 2.24) is 9.97 Å². The quantitative estimate of drug-likeness (QED) is 0.894. The van der Waals surface area contributed by atoms with E-state index in [1.165, 1.54) is 0 Å². The first-order valence-corrected chi connectivity index (χ1v) is 7.30. The van der Waals surface area contributed by atoms with Gasteiger partial charge in [0.05, 0.1) is 4.47 Å². The highest BCUT2D eigenvalue weighted by Gasteiger charge is 2.08. The van der Waals surface area contributed by atoms with E-state index in [1.54, 1.807) is 24.5 Å². The van der Waals surface area contributed by atoms with E-state index in [-0.39, 0.29) is 18.5 Å². The number of nitrogens with zero attached hydrogens (tertiary/aromatic N) is 2. The van der Waals surface area contributed by atoms with Crippen LogP contribution in [0.5, 0.6) is 5.75 Å². The lowest BCUT2D eigenvalue weighted by Gasteiger charge is -2.09. The van der Waals surface area contributed by atoms with Crippen LogP contribution < -0.4 is 10.1 Å². The number of amides is 1. The number of nitrogens with one attached hydrogen (secondary N) is 1. The average molecular weight is 371 g/mol. The van der Waals surface area contributed by atoms with Gasteiger partial charge in [-0.25, -0.2) is 9.97 Å². The number of hydrogen-bond acceptors (Lipinski definition) is 4. The molecule has 0 unspecified atom stereocenters. The number of carbonyl (C=O) groups excluding carboxylic acids is 1. The van der Waals surface area contributed by atoms with Crippen LogP contribution in [0.1, 0.15) is 11.1 Å². The van der Waals surface area contributed by atoms with Gasteiger partial charge in [0.25, 0.3) is 5.91 Å². The first kappa shape index (κ1) is 15.7. The summed E-state index contributed by atoms with van der Waals surface area (Å²) in [4.78, 5) is 19.7. The minimum atomic E-state index is -0.331. The highest BCUT2D eigenvalue weighted by Crippen LogP contribution is 2.25. The molecule has 7 heteroatoms. The van der Waals surface area contributed by atoms with Crippen molar-refractivity contribution in [2.24, 2.45) is 0 Å². The molecule has 0 spiro atoms. The van der Waals surface area contributed by atoms with Crippen LogP contribution in [-0.4, -0.2) is 22.5 Å². The standard InChI is InChI=1S/C14H13BrClN3O2/c1-8-3-11(4-9(2)13(8)16)21-7-12(20)19-14-17-5-10(15)6-18-14/h3-6H,7H2,1-2H3,(H,17,18,19,20). The zero-order valence-corrected chi connectivity index (χ0v) is 13.8. The maximum Gasteiger partial charge on any atom is 0.264 e. The van der Waals surface area contributed by atoms with Crippen molar-refractivity contribution >= 4 is 39.4 Å². The van der Waals surface area contributed by atoms with E-state index in [0.29, 0.717) is 10.8 Å². The molecule has 1 aromatic carbocycles. The largest absolute Gasteiger partial charge is 0.484 e. The van der Waals surface area contributed by atoms with Crippen LogP contribution in [0.3, 0.4) is 0 Å². The molecule has 0 aliphatic carbocycles. The number of ether oxygens (including phenoxy) is 1. The summed E-state index contributed by atoms with van der Waals surface area (Å²) in [6.45, 7) is 3.65. The fraction of sp³-hybridized carbons (Fsp3) is 0.214. The van der Waals surface area contributed by atoms with E-state index in [0.717, 1.165) is 15.6 Å². The maximum absolute atomic E-state index is 11.8. The lowest BCUT2D eigenvalue weighted by atomic mass is 10.1. The van der Waals surface area contributed by atoms with Crippen LogP contribution in [0.4, 0.5) is 5.95 Å². The smallest absolute Gasteiger partial charge is 0.264 e. The Hall–Kier alpha value is -1.66. The molecule has 5 nitrogen and oxygen atoms in total. The molecule has 0 saturated carbocycles. The van der Waals surface area contributed by atoms with Gasteiger partial charge in [-0.2, -0.15) is 0 Å². The predicted molar refractivity (Wildman–Crippen MR) is 84.8 cm³/mol. The highest BCUT2D eigenvalue weighted by atomic mass is 79.9. The van der Waals surface area contributed by atoms with Gasteiger partial charge in [-0.1, -0.05) is 11.6 Å². The molecule has 1 N–H and O–H groups in total. The zero-order valence-electron chi connectivity index (χ0n) is 11.5. The molecule has 0 bridgehead atoms. The number of aryl methyl sites for hydroxylation is 2. The number of rotatable bonds is 4. The summed E-state index contributed by atoms with van der Waals surface area (Å²) in [6.07, 6.45) is 3.10. The van der Waals surface area contributed by atoms with E-state index in [1.807, 2.05) is 13.8 Å². The third-order valence-corrected chi connectivity index (χ3v) is 3.66. The van der Waals surface area contributed by atoms with Gasteiger partial charge >= 0.3 is 0 Å². The van der Waals surface area contributed by atoms with Gasteiger partial charge in [0.1, 0.15) is 5.75 Å². The molecule has 0 aliphatic heterocycles. The molecule has 2 rings (SSSR count). The molecule has 2 aromatic rings. The van der Waals surface area contributed by atoms with Crippen LogP contribution >= 0.6 is 27.5 Å². The normalized spacial score (nSPS) is 10.3. The van der Waals surface area contributed by atoms with Crippen molar-refractivity contribution < 1.29 is 9.53 Å². The first-order chi connectivity index (χ1) is 9.95. The number of aromatic nitrogens is 2. The maximum atomic E-state index is 11.8. The first-order valence-electron chi connectivity index (χ1n) is 6.12. The summed E-state index contributed by atoms with van der Waals surface area (Å²) in [6, 6.07) is 3.58. The number of anilines is 1. The number of carbonyl (C=O) groups is 1. The van der Waals surface area contributed by atoms with Gasteiger partial charge in [0, 0.05) is 17.4 Å². The van der Waals surface area contributed by atoms with Crippen LogP contribution in [0.25, 0.3) is 0 Å². The van der Waals surface area contributed by atoms with Crippen molar-refractivity contribution in [3.63, 3.8) is 0 Å². The second kappa shape index (κ2) is 6.87. The monoisotopic (exact) mass is 369 g/mol. The summed E-state index contributed by atoms with van der Waals surface area (Å²) >= 11 is 9.30. The van der Waals surface area contributed by atoms with E-state index in [9.17, 15) is 4.79 Å². The van der Waals surface area contributed by atoms with E-state index in [4.69, 9.17) is 16.3 Å². The molecular weight excluding hydrogens is 358 g/mol. The van der Waals surface area contributed by atoms with Crippen molar-refractivity contribution in [2.75, 3.05) is 11.9 Å². The molecule has 1 amide bonds. The topological polar surface area (TPSA) is 64.1 Å². The van der Waals surface area contributed by atoms with Gasteiger partial charge in [0.2, 0.25) is 5.95 Å². The number of halogens is 2. The number of hydrogen-bond donors (Lipinski definition) is 1. The Morgan fingerprint density at radius 3 is 2.43 bits per heavy atom. The van der Waals surface area contributed by atoms with E-state index >= 15 is 0 Å². The SMILES string of the molecule is Cc1cc(OCC(=O)Nc2ncc(Br)cn2)cc(C)c1Cl. The van der Waals surface area contributed by atoms with Crippen LogP contribution in [0.15, 0.2) is 29.0 Å². The van der Waals surface area contributed by atoms with Crippen molar-refractivity contribution in [3.8, 4) is 5.75 Å². The fourth-order valence-electron chi connectivity index (χ4n) is 1.68. The summed E-state index contributed by atoms with van der Waals surface area (Å²) in [5.74, 6) is 0.499. The molecule has 0 aliphatic rings. The molecule has 0 fully saturated rings. The summed E-state index contributed by atoms with van der Waals surface area (Å²) < 4.78 is 6.18. The van der Waals surface area contributed by atoms with Gasteiger partial charge < -0.3 is 4.74 Å². The number of benzene rings is 1. The van der Waals surface area contributed by atoms with Gasteiger partial charge in [-0.05, 0) is 53.0 Å². The molecule has 110 valence electrons. The van der Waals surface area contributed by atoms with Crippen LogP contribution in [0.2, 0.25) is 5.02 Å². The molecule has 0 saturated heterocycles. The van der Waals surface area contributed by atoms with Gasteiger partial charge in [0.15, 0.2) is 6.61 Å². The molecular formula is C14H13BrClN3O2. The molecule has 1 aromatic heterocycles. The lowest BCUT2D eigenvalue weighted by molar-refractivity contribution is -0.118. The van der Waals surface area contributed by atoms with E-state index in [2.05, 4.69) is 31.2 Å². The summed E-state index contributed by atoms with van der Waals surface area (Å²) in [5, 5.41) is 3.25. The minimum Gasteiger partial charge on any atom is -0.484 e.